The normalized spacial score (nSPS) is 21.6. The van der Waals surface area contributed by atoms with E-state index in [2.05, 4.69) is 21.4 Å². The molecule has 11 heavy (non-hydrogen) atoms. The van der Waals surface area contributed by atoms with Gasteiger partial charge in [-0.05, 0) is 11.6 Å². The molecule has 0 bridgehead atoms. The molecule has 0 fully saturated rings. The number of pyridine rings is 1. The lowest BCUT2D eigenvalue weighted by molar-refractivity contribution is 0.709. The summed E-state index contributed by atoms with van der Waals surface area (Å²) < 4.78 is 0. The standard InChI is InChI=1S/C8H9N3/c1-2-7(4-9-3-1)8-5-10-6-11-8/h1-4,6,8H,5H2,(H,10,11). The molecule has 0 radical (unpaired) electrons. The lowest BCUT2D eigenvalue weighted by Gasteiger charge is -2.07. The van der Waals surface area contributed by atoms with Crippen LogP contribution in [0, 0.1) is 0 Å². The first-order chi connectivity index (χ1) is 5.47. The summed E-state index contributed by atoms with van der Waals surface area (Å²) in [6.07, 6.45) is 5.39. The van der Waals surface area contributed by atoms with Crippen LogP contribution in [-0.2, 0) is 0 Å². The molecule has 0 spiro atoms. The minimum absolute atomic E-state index is 0.337. The fourth-order valence-electron chi connectivity index (χ4n) is 1.14. The average molecular weight is 147 g/mol. The van der Waals surface area contributed by atoms with Gasteiger partial charge >= 0.3 is 0 Å². The molecule has 0 aliphatic carbocycles. The molecule has 0 aromatic carbocycles. The first-order valence-corrected chi connectivity index (χ1v) is 3.61. The lowest BCUT2D eigenvalue weighted by Crippen LogP contribution is -2.15. The Morgan fingerprint density at radius 2 is 2.55 bits per heavy atom. The van der Waals surface area contributed by atoms with Crippen LogP contribution >= 0.6 is 0 Å². The molecule has 0 amide bonds. The Bertz CT molecular complexity index is 247. The fraction of sp³-hybridized carbons (Fsp3) is 0.250. The number of nitrogens with one attached hydrogen (secondary N) is 1. The van der Waals surface area contributed by atoms with Crippen LogP contribution in [-0.4, -0.2) is 17.9 Å². The van der Waals surface area contributed by atoms with Crippen molar-refractivity contribution in [3.05, 3.63) is 30.1 Å². The predicted molar refractivity (Wildman–Crippen MR) is 43.5 cm³/mol. The van der Waals surface area contributed by atoms with Crippen LogP contribution in [0.1, 0.15) is 11.6 Å². The maximum absolute atomic E-state index is 4.08. The van der Waals surface area contributed by atoms with E-state index in [1.54, 1.807) is 12.5 Å². The van der Waals surface area contributed by atoms with Crippen LogP contribution < -0.4 is 5.32 Å². The molecule has 1 N–H and O–H groups in total. The Morgan fingerprint density at radius 1 is 1.55 bits per heavy atom. The van der Waals surface area contributed by atoms with Gasteiger partial charge in [-0.1, -0.05) is 6.07 Å². The van der Waals surface area contributed by atoms with E-state index in [0.29, 0.717) is 6.04 Å². The third-order valence-electron chi connectivity index (χ3n) is 1.74. The molecule has 1 aromatic heterocycles. The van der Waals surface area contributed by atoms with Gasteiger partial charge in [0.2, 0.25) is 0 Å². The molecule has 2 heterocycles. The number of rotatable bonds is 1. The van der Waals surface area contributed by atoms with E-state index in [0.717, 1.165) is 6.54 Å². The van der Waals surface area contributed by atoms with Crippen molar-refractivity contribution in [3.8, 4) is 0 Å². The van der Waals surface area contributed by atoms with Crippen molar-refractivity contribution in [2.75, 3.05) is 6.54 Å². The van der Waals surface area contributed by atoms with Gasteiger partial charge in [-0.3, -0.25) is 9.98 Å². The summed E-state index contributed by atoms with van der Waals surface area (Å²) in [6.45, 7) is 0.825. The molecule has 2 rings (SSSR count). The van der Waals surface area contributed by atoms with Gasteiger partial charge in [0, 0.05) is 12.4 Å². The fourth-order valence-corrected chi connectivity index (χ4v) is 1.14. The summed E-state index contributed by atoms with van der Waals surface area (Å²) in [7, 11) is 0. The van der Waals surface area contributed by atoms with Crippen molar-refractivity contribution < 1.29 is 0 Å². The number of aliphatic imine (C=N–C) groups is 1. The summed E-state index contributed by atoms with van der Waals surface area (Å²) in [5.41, 5.74) is 1.20. The molecule has 0 saturated heterocycles. The number of nitrogens with zero attached hydrogens (tertiary/aromatic N) is 2. The SMILES string of the molecule is C1=NCC(c2cccnc2)N1. The van der Waals surface area contributed by atoms with E-state index < -0.39 is 0 Å². The summed E-state index contributed by atoms with van der Waals surface area (Å²) >= 11 is 0. The van der Waals surface area contributed by atoms with E-state index in [4.69, 9.17) is 0 Å². The highest BCUT2D eigenvalue weighted by Crippen LogP contribution is 2.12. The zero-order valence-corrected chi connectivity index (χ0v) is 6.07. The summed E-state index contributed by atoms with van der Waals surface area (Å²) in [4.78, 5) is 8.11. The van der Waals surface area contributed by atoms with Gasteiger partial charge in [-0.2, -0.15) is 0 Å². The third-order valence-corrected chi connectivity index (χ3v) is 1.74. The zero-order chi connectivity index (χ0) is 7.52. The average Bonchev–Trinajstić information content (AvgIpc) is 2.58. The van der Waals surface area contributed by atoms with Crippen molar-refractivity contribution >= 4 is 6.34 Å². The number of aromatic nitrogens is 1. The maximum atomic E-state index is 4.08. The molecule has 1 aliphatic rings. The van der Waals surface area contributed by atoms with E-state index >= 15 is 0 Å². The van der Waals surface area contributed by atoms with E-state index in [9.17, 15) is 0 Å². The van der Waals surface area contributed by atoms with Crippen molar-refractivity contribution in [2.24, 2.45) is 4.99 Å². The van der Waals surface area contributed by atoms with Gasteiger partial charge in [0.15, 0.2) is 0 Å². The predicted octanol–water partition coefficient (Wildman–Crippen LogP) is 0.754. The highest BCUT2D eigenvalue weighted by molar-refractivity contribution is 5.58. The summed E-state index contributed by atoms with van der Waals surface area (Å²) in [5, 5.41) is 3.14. The maximum Gasteiger partial charge on any atom is 0.0830 e. The minimum Gasteiger partial charge on any atom is -0.368 e. The van der Waals surface area contributed by atoms with Crippen LogP contribution in [0.3, 0.4) is 0 Å². The van der Waals surface area contributed by atoms with E-state index in [1.165, 1.54) is 5.56 Å². The zero-order valence-electron chi connectivity index (χ0n) is 6.07. The quantitative estimate of drug-likeness (QED) is 0.636. The Hall–Kier alpha value is -1.38. The second kappa shape index (κ2) is 2.70. The van der Waals surface area contributed by atoms with Crippen molar-refractivity contribution in [2.45, 2.75) is 6.04 Å². The van der Waals surface area contributed by atoms with Gasteiger partial charge in [0.25, 0.3) is 0 Å². The Labute approximate surface area is 65.2 Å². The van der Waals surface area contributed by atoms with E-state index in [1.807, 2.05) is 12.3 Å². The van der Waals surface area contributed by atoms with Crippen LogP contribution in [0.15, 0.2) is 29.5 Å². The second-order valence-corrected chi connectivity index (χ2v) is 2.50. The van der Waals surface area contributed by atoms with Crippen LogP contribution in [0.4, 0.5) is 0 Å². The molecule has 1 unspecified atom stereocenters. The molecule has 3 heteroatoms. The number of hydrogen-bond acceptors (Lipinski definition) is 3. The highest BCUT2D eigenvalue weighted by atomic mass is 15.1. The third kappa shape index (κ3) is 1.22. The molecule has 1 aliphatic heterocycles. The van der Waals surface area contributed by atoms with Gasteiger partial charge in [0.1, 0.15) is 0 Å². The monoisotopic (exact) mass is 147 g/mol. The second-order valence-electron chi connectivity index (χ2n) is 2.50. The topological polar surface area (TPSA) is 37.3 Å². The smallest absolute Gasteiger partial charge is 0.0830 e. The molecular formula is C8H9N3. The first kappa shape index (κ1) is 6.34. The molecule has 56 valence electrons. The molecular weight excluding hydrogens is 138 g/mol. The van der Waals surface area contributed by atoms with Crippen LogP contribution in [0.5, 0.6) is 0 Å². The van der Waals surface area contributed by atoms with Crippen molar-refractivity contribution in [3.63, 3.8) is 0 Å². The van der Waals surface area contributed by atoms with Crippen LogP contribution in [0.2, 0.25) is 0 Å². The molecule has 1 atom stereocenters. The Kier molecular flexibility index (Phi) is 1.55. The number of hydrogen-bond donors (Lipinski definition) is 1. The Balaban J connectivity index is 2.17. The van der Waals surface area contributed by atoms with Gasteiger partial charge < -0.3 is 5.32 Å². The van der Waals surface area contributed by atoms with Crippen molar-refractivity contribution in [1.29, 1.82) is 0 Å². The van der Waals surface area contributed by atoms with Gasteiger partial charge in [-0.15, -0.1) is 0 Å². The van der Waals surface area contributed by atoms with Crippen molar-refractivity contribution in [1.82, 2.24) is 10.3 Å². The Morgan fingerprint density at radius 3 is 3.18 bits per heavy atom. The minimum atomic E-state index is 0.337. The lowest BCUT2D eigenvalue weighted by atomic mass is 10.1. The molecule has 3 nitrogen and oxygen atoms in total. The van der Waals surface area contributed by atoms with E-state index in [-0.39, 0.29) is 0 Å². The molecule has 1 aromatic rings. The molecule has 0 saturated carbocycles. The summed E-state index contributed by atoms with van der Waals surface area (Å²) in [5.74, 6) is 0. The first-order valence-electron chi connectivity index (χ1n) is 3.61. The van der Waals surface area contributed by atoms with Gasteiger partial charge in [0.05, 0.1) is 18.9 Å². The van der Waals surface area contributed by atoms with Crippen LogP contribution in [0.25, 0.3) is 0 Å². The summed E-state index contributed by atoms with van der Waals surface area (Å²) in [6, 6.07) is 4.33. The van der Waals surface area contributed by atoms with Gasteiger partial charge in [-0.25, -0.2) is 0 Å². The highest BCUT2D eigenvalue weighted by Gasteiger charge is 2.11. The largest absolute Gasteiger partial charge is 0.368 e.